The normalized spacial score (nSPS) is 12.2. The maximum absolute atomic E-state index is 13.3. The summed E-state index contributed by atoms with van der Waals surface area (Å²) in [5, 5.41) is 2.54. The van der Waals surface area contributed by atoms with E-state index in [0.717, 1.165) is 0 Å². The van der Waals surface area contributed by atoms with Gasteiger partial charge < -0.3 is 19.1 Å². The third-order valence-corrected chi connectivity index (χ3v) is 6.09. The first-order valence-corrected chi connectivity index (χ1v) is 10.5. The van der Waals surface area contributed by atoms with Crippen LogP contribution in [0.5, 0.6) is 5.75 Å². The van der Waals surface area contributed by atoms with E-state index < -0.39 is 25.1 Å². The number of methoxy groups -OCH3 is 1. The molecule has 2 aromatic carbocycles. The number of nitrogens with one attached hydrogen (secondary N) is 1. The second-order valence-electron chi connectivity index (χ2n) is 5.71. The van der Waals surface area contributed by atoms with Gasteiger partial charge in [0.15, 0.2) is 11.6 Å². The number of ketones is 1. The number of ether oxygens (including phenoxy) is 1. The van der Waals surface area contributed by atoms with Gasteiger partial charge in [-0.25, -0.2) is 0 Å². The lowest BCUT2D eigenvalue weighted by Gasteiger charge is -2.26. The van der Waals surface area contributed by atoms with Crippen LogP contribution in [-0.2, 0) is 13.6 Å². The molecule has 0 aliphatic carbocycles. The van der Waals surface area contributed by atoms with Crippen LogP contribution in [0.2, 0.25) is 0 Å². The van der Waals surface area contributed by atoms with E-state index in [1.807, 2.05) is 0 Å². The van der Waals surface area contributed by atoms with E-state index in [2.05, 4.69) is 5.32 Å². The highest BCUT2D eigenvalue weighted by atomic mass is 31.2. The molecule has 0 aliphatic rings. The zero-order valence-electron chi connectivity index (χ0n) is 16.1. The van der Waals surface area contributed by atoms with Crippen molar-refractivity contribution in [3.05, 3.63) is 65.7 Å². The van der Waals surface area contributed by atoms with Crippen molar-refractivity contribution in [2.45, 2.75) is 19.6 Å². The molecule has 0 heterocycles. The minimum absolute atomic E-state index is 0.0637. The minimum atomic E-state index is -3.95. The summed E-state index contributed by atoms with van der Waals surface area (Å²) in [7, 11) is -2.43. The highest BCUT2D eigenvalue weighted by molar-refractivity contribution is 7.55. The monoisotopic (exact) mass is 405 g/mol. The Balaban J connectivity index is 2.37. The molecule has 28 heavy (non-hydrogen) atoms. The van der Waals surface area contributed by atoms with Gasteiger partial charge in [-0.1, -0.05) is 30.3 Å². The first-order valence-electron chi connectivity index (χ1n) is 8.88. The molecule has 0 aromatic heterocycles. The zero-order valence-corrected chi connectivity index (χ0v) is 17.0. The summed E-state index contributed by atoms with van der Waals surface area (Å²) < 4.78 is 29.0. The van der Waals surface area contributed by atoms with Crippen LogP contribution in [0.25, 0.3) is 0 Å². The second kappa shape index (κ2) is 10.2. The Labute approximate surface area is 164 Å². The summed E-state index contributed by atoms with van der Waals surface area (Å²) in [4.78, 5) is 25.8. The van der Waals surface area contributed by atoms with Gasteiger partial charge in [0.2, 0.25) is 0 Å². The van der Waals surface area contributed by atoms with Crippen LogP contribution in [0.4, 0.5) is 0 Å². The van der Waals surface area contributed by atoms with Gasteiger partial charge in [-0.05, 0) is 38.1 Å². The molecular formula is C20H24NO6P. The smallest absolute Gasteiger partial charge is 0.360 e. The Morgan fingerprint density at radius 1 is 0.929 bits per heavy atom. The molecule has 0 spiro atoms. The van der Waals surface area contributed by atoms with Gasteiger partial charge in [0.1, 0.15) is 5.75 Å². The average Bonchev–Trinajstić information content (AvgIpc) is 2.72. The zero-order chi connectivity index (χ0) is 20.6. The fourth-order valence-electron chi connectivity index (χ4n) is 2.54. The maximum atomic E-state index is 13.3. The van der Waals surface area contributed by atoms with Gasteiger partial charge in [-0.15, -0.1) is 0 Å². The summed E-state index contributed by atoms with van der Waals surface area (Å²) in [6, 6.07) is 14.6. The molecule has 0 fully saturated rings. The van der Waals surface area contributed by atoms with Gasteiger partial charge in [0, 0.05) is 11.1 Å². The van der Waals surface area contributed by atoms with Gasteiger partial charge in [-0.2, -0.15) is 0 Å². The van der Waals surface area contributed by atoms with Crippen molar-refractivity contribution in [2.75, 3.05) is 20.3 Å². The molecule has 1 unspecified atom stereocenters. The number of carbonyl (C=O) groups is 2. The second-order valence-corrected chi connectivity index (χ2v) is 7.82. The standard InChI is InChI=1S/C20H24NO6P/c1-4-26-28(24,27-5-2)20(18(22)15-9-7-6-8-10-15)21-19(23)16-11-13-17(25-3)14-12-16/h6-14,20H,4-5H2,1-3H3,(H,21,23). The molecule has 1 N–H and O–H groups in total. The Bertz CT molecular complexity index is 828. The number of rotatable bonds is 10. The van der Waals surface area contributed by atoms with E-state index in [-0.39, 0.29) is 18.8 Å². The van der Waals surface area contributed by atoms with Gasteiger partial charge in [-0.3, -0.25) is 14.2 Å². The number of hydrogen-bond acceptors (Lipinski definition) is 6. The quantitative estimate of drug-likeness (QED) is 0.476. The Kier molecular flexibility index (Phi) is 7.93. The molecular weight excluding hydrogens is 381 g/mol. The van der Waals surface area contributed by atoms with E-state index in [0.29, 0.717) is 11.3 Å². The van der Waals surface area contributed by atoms with E-state index in [1.54, 1.807) is 68.4 Å². The molecule has 2 aromatic rings. The molecule has 0 saturated heterocycles. The lowest BCUT2D eigenvalue weighted by atomic mass is 10.1. The fraction of sp³-hybridized carbons (Fsp3) is 0.300. The van der Waals surface area contributed by atoms with E-state index in [9.17, 15) is 14.2 Å². The molecule has 0 radical (unpaired) electrons. The van der Waals surface area contributed by atoms with Crippen molar-refractivity contribution in [3.63, 3.8) is 0 Å². The lowest BCUT2D eigenvalue weighted by molar-refractivity contribution is 0.0865. The van der Waals surface area contributed by atoms with Crippen LogP contribution in [0.3, 0.4) is 0 Å². The number of carbonyl (C=O) groups excluding carboxylic acids is 2. The van der Waals surface area contributed by atoms with Crippen LogP contribution >= 0.6 is 7.60 Å². The number of hydrogen-bond donors (Lipinski definition) is 1. The van der Waals surface area contributed by atoms with Gasteiger partial charge in [0.05, 0.1) is 20.3 Å². The Hall–Kier alpha value is -2.47. The Morgan fingerprint density at radius 3 is 2.00 bits per heavy atom. The molecule has 150 valence electrons. The first-order chi connectivity index (χ1) is 13.4. The van der Waals surface area contributed by atoms with Crippen molar-refractivity contribution < 1.29 is 27.9 Å². The summed E-state index contributed by atoms with van der Waals surface area (Å²) in [5.74, 6) is -2.00. The number of benzene rings is 2. The summed E-state index contributed by atoms with van der Waals surface area (Å²) in [5.41, 5.74) is 0.577. The largest absolute Gasteiger partial charge is 0.497 e. The van der Waals surface area contributed by atoms with Gasteiger partial charge >= 0.3 is 7.60 Å². The third kappa shape index (κ3) is 5.29. The minimum Gasteiger partial charge on any atom is -0.497 e. The lowest BCUT2D eigenvalue weighted by Crippen LogP contribution is -2.41. The van der Waals surface area contributed by atoms with Crippen LogP contribution < -0.4 is 10.1 Å². The van der Waals surface area contributed by atoms with Crippen LogP contribution in [-0.4, -0.2) is 37.8 Å². The van der Waals surface area contributed by atoms with Crippen molar-refractivity contribution >= 4 is 19.3 Å². The van der Waals surface area contributed by atoms with E-state index in [1.165, 1.54) is 7.11 Å². The highest BCUT2D eigenvalue weighted by Gasteiger charge is 2.42. The fourth-order valence-corrected chi connectivity index (χ4v) is 4.35. The summed E-state index contributed by atoms with van der Waals surface area (Å²) in [6.07, 6.45) is 0. The van der Waals surface area contributed by atoms with Crippen LogP contribution in [0, 0.1) is 0 Å². The molecule has 0 saturated carbocycles. The maximum Gasteiger partial charge on any atom is 0.360 e. The van der Waals surface area contributed by atoms with E-state index >= 15 is 0 Å². The third-order valence-electron chi connectivity index (χ3n) is 3.86. The van der Waals surface area contributed by atoms with Crippen molar-refractivity contribution in [1.82, 2.24) is 5.32 Å². The molecule has 0 aliphatic heterocycles. The SMILES string of the molecule is CCOP(=O)(OCC)C(NC(=O)c1ccc(OC)cc1)C(=O)c1ccccc1. The van der Waals surface area contributed by atoms with Gasteiger partial charge in [0.25, 0.3) is 5.91 Å². The summed E-state index contributed by atoms with van der Waals surface area (Å²) >= 11 is 0. The molecule has 0 bridgehead atoms. The van der Waals surface area contributed by atoms with Crippen molar-refractivity contribution in [3.8, 4) is 5.75 Å². The predicted molar refractivity (Wildman–Crippen MR) is 106 cm³/mol. The molecule has 2 rings (SSSR count). The molecule has 1 atom stereocenters. The molecule has 8 heteroatoms. The highest BCUT2D eigenvalue weighted by Crippen LogP contribution is 2.53. The van der Waals surface area contributed by atoms with Crippen molar-refractivity contribution in [1.29, 1.82) is 0 Å². The predicted octanol–water partition coefficient (Wildman–Crippen LogP) is 3.90. The molecule has 7 nitrogen and oxygen atoms in total. The van der Waals surface area contributed by atoms with Crippen LogP contribution in [0.15, 0.2) is 54.6 Å². The number of Topliss-reactive ketones (excluding diaryl/α,β-unsaturated/α-hetero) is 1. The van der Waals surface area contributed by atoms with E-state index in [4.69, 9.17) is 13.8 Å². The topological polar surface area (TPSA) is 90.9 Å². The van der Waals surface area contributed by atoms with Crippen molar-refractivity contribution in [2.24, 2.45) is 0 Å². The molecule has 1 amide bonds. The summed E-state index contributed by atoms with van der Waals surface area (Å²) in [6.45, 7) is 3.41. The van der Waals surface area contributed by atoms with Crippen LogP contribution in [0.1, 0.15) is 34.6 Å². The Morgan fingerprint density at radius 2 is 1.50 bits per heavy atom. The first kappa shape index (κ1) is 21.8. The number of amides is 1. The average molecular weight is 405 g/mol.